The number of para-hydroxylation sites is 2. The lowest BCUT2D eigenvalue weighted by molar-refractivity contribution is 0.404. The van der Waals surface area contributed by atoms with Gasteiger partial charge in [0.15, 0.2) is 3.94 Å². The summed E-state index contributed by atoms with van der Waals surface area (Å²) in [6.07, 6.45) is 1.69. The van der Waals surface area contributed by atoms with Gasteiger partial charge in [-0.3, -0.25) is 0 Å². The van der Waals surface area contributed by atoms with Gasteiger partial charge in [-0.1, -0.05) is 66.5 Å². The number of thioether (sulfide) groups is 1. The Hall–Kier alpha value is -1.55. The van der Waals surface area contributed by atoms with Gasteiger partial charge in [-0.25, -0.2) is 4.57 Å². The van der Waals surface area contributed by atoms with E-state index < -0.39 is 7.60 Å². The van der Waals surface area contributed by atoms with Crippen LogP contribution in [0.1, 0.15) is 0 Å². The summed E-state index contributed by atoms with van der Waals surface area (Å²) < 4.78 is 24.5. The minimum absolute atomic E-state index is 0.181. The van der Waals surface area contributed by atoms with Gasteiger partial charge in [-0.05, 0) is 24.3 Å². The summed E-state index contributed by atoms with van der Waals surface area (Å²) >= 11 is 6.48. The second-order valence-electron chi connectivity index (χ2n) is 4.17. The molecule has 0 bridgehead atoms. The van der Waals surface area contributed by atoms with Crippen LogP contribution in [0, 0.1) is 0 Å². The first-order valence-electron chi connectivity index (χ1n) is 6.51. The van der Waals surface area contributed by atoms with Crippen LogP contribution < -0.4 is 9.05 Å². The number of thiocarbonyl (C=S) groups is 1. The summed E-state index contributed by atoms with van der Waals surface area (Å²) in [6, 6.07) is 17.7. The van der Waals surface area contributed by atoms with E-state index in [0.29, 0.717) is 17.3 Å². The van der Waals surface area contributed by atoms with Gasteiger partial charge < -0.3 is 9.05 Å². The normalized spacial score (nSPS) is 10.7. The van der Waals surface area contributed by atoms with Crippen LogP contribution in [-0.4, -0.2) is 9.69 Å². The van der Waals surface area contributed by atoms with Crippen LogP contribution in [0.5, 0.6) is 11.5 Å². The van der Waals surface area contributed by atoms with Gasteiger partial charge in [-0.15, -0.1) is 6.58 Å². The third-order valence-electron chi connectivity index (χ3n) is 2.49. The largest absolute Gasteiger partial charge is 0.480 e. The van der Waals surface area contributed by atoms with Crippen LogP contribution in [0.25, 0.3) is 0 Å². The van der Waals surface area contributed by atoms with Crippen LogP contribution >= 0.6 is 31.6 Å². The first-order valence-corrected chi connectivity index (χ1v) is 9.45. The molecular weight excluding hydrogens is 335 g/mol. The molecule has 0 saturated heterocycles. The molecule has 0 atom stereocenters. The van der Waals surface area contributed by atoms with E-state index in [-0.39, 0.29) is 3.94 Å². The van der Waals surface area contributed by atoms with Gasteiger partial charge in [0.05, 0.1) is 0 Å². The minimum atomic E-state index is -3.64. The summed E-state index contributed by atoms with van der Waals surface area (Å²) in [5, 5.41) is 0. The molecule has 22 heavy (non-hydrogen) atoms. The maximum atomic E-state index is 13.1. The van der Waals surface area contributed by atoms with Gasteiger partial charge >= 0.3 is 7.60 Å². The quantitative estimate of drug-likeness (QED) is 0.372. The van der Waals surface area contributed by atoms with E-state index in [1.165, 1.54) is 11.8 Å². The van der Waals surface area contributed by atoms with E-state index in [9.17, 15) is 4.57 Å². The lowest BCUT2D eigenvalue weighted by atomic mass is 10.3. The lowest BCUT2D eigenvalue weighted by Gasteiger charge is -2.20. The highest BCUT2D eigenvalue weighted by Gasteiger charge is 2.34. The molecule has 0 amide bonds. The lowest BCUT2D eigenvalue weighted by Crippen LogP contribution is -2.07. The minimum Gasteiger partial charge on any atom is -0.412 e. The van der Waals surface area contributed by atoms with E-state index in [1.807, 2.05) is 12.1 Å². The predicted octanol–water partition coefficient (Wildman–Crippen LogP) is 5.54. The van der Waals surface area contributed by atoms with Gasteiger partial charge in [0.2, 0.25) is 0 Å². The fourth-order valence-corrected chi connectivity index (χ4v) is 4.30. The molecule has 2 aromatic rings. The highest BCUT2D eigenvalue weighted by molar-refractivity contribution is 8.35. The van der Waals surface area contributed by atoms with E-state index >= 15 is 0 Å². The van der Waals surface area contributed by atoms with E-state index in [0.717, 1.165) is 0 Å². The second-order valence-corrected chi connectivity index (χ2v) is 8.28. The van der Waals surface area contributed by atoms with E-state index in [4.69, 9.17) is 21.3 Å². The Balaban J connectivity index is 2.25. The Bertz CT molecular complexity index is 629. The van der Waals surface area contributed by atoms with Crippen molar-refractivity contribution in [2.24, 2.45) is 0 Å². The number of hydrogen-bond acceptors (Lipinski definition) is 5. The number of hydrogen-bond donors (Lipinski definition) is 0. The van der Waals surface area contributed by atoms with Crippen molar-refractivity contribution in [2.75, 3.05) is 5.75 Å². The molecule has 0 fully saturated rings. The summed E-state index contributed by atoms with van der Waals surface area (Å²) in [5.41, 5.74) is 0. The first-order chi connectivity index (χ1) is 10.6. The number of rotatable bonds is 7. The standard InChI is InChI=1S/C16H15O3PS2/c1-2-13-22-16(21)20(17,18-14-9-5-3-6-10-14)19-15-11-7-4-8-12-15/h2-12H,1,13H2. The van der Waals surface area contributed by atoms with Crippen molar-refractivity contribution in [3.05, 3.63) is 73.3 Å². The highest BCUT2D eigenvalue weighted by Crippen LogP contribution is 2.53. The maximum Gasteiger partial charge on any atom is 0.480 e. The summed E-state index contributed by atoms with van der Waals surface area (Å²) in [4.78, 5) is 0. The zero-order chi connectivity index (χ0) is 15.8. The maximum absolute atomic E-state index is 13.1. The number of benzene rings is 2. The summed E-state index contributed by atoms with van der Waals surface area (Å²) in [5.74, 6) is 1.44. The summed E-state index contributed by atoms with van der Waals surface area (Å²) in [6.45, 7) is 3.63. The molecule has 2 aromatic carbocycles. The average Bonchev–Trinajstić information content (AvgIpc) is 2.54. The van der Waals surface area contributed by atoms with Crippen molar-refractivity contribution in [3.63, 3.8) is 0 Å². The van der Waals surface area contributed by atoms with Crippen LogP contribution in [0.3, 0.4) is 0 Å². The zero-order valence-corrected chi connectivity index (χ0v) is 14.3. The van der Waals surface area contributed by atoms with Crippen molar-refractivity contribution in [1.82, 2.24) is 0 Å². The molecule has 3 nitrogen and oxygen atoms in total. The average molecular weight is 350 g/mol. The molecule has 2 rings (SSSR count). The van der Waals surface area contributed by atoms with Crippen molar-refractivity contribution >= 4 is 35.5 Å². The van der Waals surface area contributed by atoms with E-state index in [1.54, 1.807) is 54.6 Å². The van der Waals surface area contributed by atoms with Crippen LogP contribution in [0.4, 0.5) is 0 Å². The van der Waals surface area contributed by atoms with Crippen molar-refractivity contribution in [1.29, 1.82) is 0 Å². The second kappa shape index (κ2) is 8.18. The van der Waals surface area contributed by atoms with Gasteiger partial charge in [-0.2, -0.15) is 0 Å². The summed E-state index contributed by atoms with van der Waals surface area (Å²) in [7, 11) is -3.64. The first kappa shape index (κ1) is 16.8. The van der Waals surface area contributed by atoms with Crippen LogP contribution in [0.15, 0.2) is 73.3 Å². The molecule has 0 radical (unpaired) electrons. The molecule has 6 heteroatoms. The fraction of sp³-hybridized carbons (Fsp3) is 0.0625. The Morgan fingerprint density at radius 2 is 1.50 bits per heavy atom. The molecule has 0 aromatic heterocycles. The zero-order valence-electron chi connectivity index (χ0n) is 11.8. The molecular formula is C16H15O3PS2. The molecule has 0 N–H and O–H groups in total. The molecule has 0 spiro atoms. The molecule has 0 unspecified atom stereocenters. The van der Waals surface area contributed by atoms with Gasteiger partial charge in [0, 0.05) is 5.75 Å². The highest BCUT2D eigenvalue weighted by atomic mass is 32.2. The van der Waals surface area contributed by atoms with Gasteiger partial charge in [0.1, 0.15) is 11.5 Å². The van der Waals surface area contributed by atoms with Crippen LogP contribution in [-0.2, 0) is 4.57 Å². The van der Waals surface area contributed by atoms with Crippen molar-refractivity contribution in [3.8, 4) is 11.5 Å². The van der Waals surface area contributed by atoms with Crippen molar-refractivity contribution in [2.45, 2.75) is 0 Å². The molecule has 0 aliphatic carbocycles. The predicted molar refractivity (Wildman–Crippen MR) is 97.0 cm³/mol. The van der Waals surface area contributed by atoms with Gasteiger partial charge in [0.25, 0.3) is 0 Å². The van der Waals surface area contributed by atoms with Crippen LogP contribution in [0.2, 0.25) is 0 Å². The molecule has 114 valence electrons. The topological polar surface area (TPSA) is 35.5 Å². The monoisotopic (exact) mass is 350 g/mol. The molecule has 0 saturated carbocycles. The Morgan fingerprint density at radius 3 is 1.91 bits per heavy atom. The third-order valence-corrected chi connectivity index (χ3v) is 6.57. The third kappa shape index (κ3) is 4.73. The SMILES string of the molecule is C=CCSC(=S)P(=O)(Oc1ccccc1)Oc1ccccc1. The molecule has 0 aliphatic heterocycles. The Labute approximate surface area is 139 Å². The smallest absolute Gasteiger partial charge is 0.412 e. The fourth-order valence-electron chi connectivity index (χ4n) is 1.54. The van der Waals surface area contributed by atoms with Crippen molar-refractivity contribution < 1.29 is 13.6 Å². The molecule has 0 heterocycles. The Kier molecular flexibility index (Phi) is 6.25. The Morgan fingerprint density at radius 1 is 1.05 bits per heavy atom. The molecule has 0 aliphatic rings. The van der Waals surface area contributed by atoms with E-state index in [2.05, 4.69) is 6.58 Å².